The molecule has 2 rings (SSSR count). The third-order valence-corrected chi connectivity index (χ3v) is 4.76. The second-order valence-electron chi connectivity index (χ2n) is 5.86. The van der Waals surface area contributed by atoms with E-state index in [-0.39, 0.29) is 0 Å². The molecule has 112 valence electrons. The van der Waals surface area contributed by atoms with Gasteiger partial charge in [0, 0.05) is 29.3 Å². The Hall–Kier alpha value is -0.540. The maximum absolute atomic E-state index is 3.75. The molecule has 0 aromatic heterocycles. The number of halogens is 1. The Labute approximate surface area is 132 Å². The lowest BCUT2D eigenvalue weighted by Crippen LogP contribution is -2.25. The Morgan fingerprint density at radius 2 is 2.10 bits per heavy atom. The Kier molecular flexibility index (Phi) is 5.91. The maximum Gasteiger partial charge on any atom is 0.0377 e. The van der Waals surface area contributed by atoms with Crippen LogP contribution in [0.25, 0.3) is 0 Å². The smallest absolute Gasteiger partial charge is 0.0377 e. The van der Waals surface area contributed by atoms with Crippen LogP contribution in [0.2, 0.25) is 0 Å². The molecule has 1 aliphatic rings. The van der Waals surface area contributed by atoms with Crippen molar-refractivity contribution in [3.63, 3.8) is 0 Å². The quantitative estimate of drug-likeness (QED) is 0.735. The lowest BCUT2D eigenvalue weighted by molar-refractivity contribution is 0.569. The number of benzene rings is 1. The van der Waals surface area contributed by atoms with Crippen LogP contribution in [-0.2, 0) is 0 Å². The Balaban J connectivity index is 2.06. The minimum Gasteiger partial charge on any atom is -0.372 e. The Bertz CT molecular complexity index is 429. The third kappa shape index (κ3) is 4.23. The van der Waals surface area contributed by atoms with Gasteiger partial charge in [-0.05, 0) is 63.3 Å². The lowest BCUT2D eigenvalue weighted by atomic mass is 10.1. The zero-order valence-corrected chi connectivity index (χ0v) is 14.5. The molecule has 1 atom stereocenters. The van der Waals surface area contributed by atoms with E-state index in [2.05, 4.69) is 65.1 Å². The molecule has 2 nitrogen and oxygen atoms in total. The summed E-state index contributed by atoms with van der Waals surface area (Å²) in [7, 11) is 0. The second-order valence-corrected chi connectivity index (χ2v) is 6.72. The van der Waals surface area contributed by atoms with E-state index in [1.807, 2.05) is 0 Å². The Morgan fingerprint density at radius 1 is 1.35 bits per heavy atom. The van der Waals surface area contributed by atoms with Crippen molar-refractivity contribution in [3.05, 3.63) is 28.2 Å². The van der Waals surface area contributed by atoms with Crippen LogP contribution >= 0.6 is 15.9 Å². The molecule has 0 bridgehead atoms. The van der Waals surface area contributed by atoms with Crippen LogP contribution in [0.3, 0.4) is 0 Å². The van der Waals surface area contributed by atoms with Crippen molar-refractivity contribution >= 4 is 21.6 Å². The van der Waals surface area contributed by atoms with Gasteiger partial charge in [0.05, 0.1) is 0 Å². The van der Waals surface area contributed by atoms with E-state index in [4.69, 9.17) is 0 Å². The number of hydrogen-bond acceptors (Lipinski definition) is 2. The van der Waals surface area contributed by atoms with Gasteiger partial charge in [-0.3, -0.25) is 0 Å². The largest absolute Gasteiger partial charge is 0.372 e. The monoisotopic (exact) mass is 338 g/mol. The molecule has 1 N–H and O–H groups in total. The third-order valence-electron chi connectivity index (χ3n) is 4.07. The summed E-state index contributed by atoms with van der Waals surface area (Å²) in [5.74, 6) is 0.929. The van der Waals surface area contributed by atoms with E-state index in [0.717, 1.165) is 19.0 Å². The zero-order valence-electron chi connectivity index (χ0n) is 13.0. The molecule has 1 aliphatic carbocycles. The highest BCUT2D eigenvalue weighted by atomic mass is 79.9. The minimum atomic E-state index is 0.400. The SMILES string of the molecule is CCCNC(C)c1ccc(N(CC)CC2CC2)cc1Br. The normalized spacial score (nSPS) is 16.2. The van der Waals surface area contributed by atoms with Crippen LogP contribution in [-0.4, -0.2) is 19.6 Å². The average Bonchev–Trinajstić information content (AvgIpc) is 3.26. The molecule has 0 heterocycles. The van der Waals surface area contributed by atoms with Gasteiger partial charge in [0.2, 0.25) is 0 Å². The average molecular weight is 339 g/mol. The van der Waals surface area contributed by atoms with Crippen molar-refractivity contribution < 1.29 is 0 Å². The molecule has 0 spiro atoms. The van der Waals surface area contributed by atoms with Gasteiger partial charge < -0.3 is 10.2 Å². The van der Waals surface area contributed by atoms with Gasteiger partial charge in [0.15, 0.2) is 0 Å². The summed E-state index contributed by atoms with van der Waals surface area (Å²) in [4.78, 5) is 2.50. The zero-order chi connectivity index (χ0) is 14.5. The number of hydrogen-bond donors (Lipinski definition) is 1. The molecule has 1 unspecified atom stereocenters. The highest BCUT2D eigenvalue weighted by Crippen LogP contribution is 2.33. The predicted octanol–water partition coefficient (Wildman–Crippen LogP) is 4.75. The van der Waals surface area contributed by atoms with Crippen LogP contribution < -0.4 is 10.2 Å². The first-order chi connectivity index (χ1) is 9.65. The van der Waals surface area contributed by atoms with Crippen molar-refractivity contribution in [2.45, 2.75) is 46.1 Å². The van der Waals surface area contributed by atoms with Crippen molar-refractivity contribution in [2.24, 2.45) is 5.92 Å². The molecule has 3 heteroatoms. The molecule has 0 aliphatic heterocycles. The molecule has 0 radical (unpaired) electrons. The van der Waals surface area contributed by atoms with E-state index >= 15 is 0 Å². The highest BCUT2D eigenvalue weighted by Gasteiger charge is 2.24. The van der Waals surface area contributed by atoms with Gasteiger partial charge in [-0.2, -0.15) is 0 Å². The summed E-state index contributed by atoms with van der Waals surface area (Å²) in [5, 5.41) is 3.55. The van der Waals surface area contributed by atoms with Gasteiger partial charge in [0.25, 0.3) is 0 Å². The first-order valence-electron chi connectivity index (χ1n) is 7.93. The van der Waals surface area contributed by atoms with Crippen LogP contribution in [0.1, 0.15) is 51.6 Å². The van der Waals surface area contributed by atoms with Crippen molar-refractivity contribution in [1.29, 1.82) is 0 Å². The fourth-order valence-electron chi connectivity index (χ4n) is 2.56. The summed E-state index contributed by atoms with van der Waals surface area (Å²) in [6, 6.07) is 7.22. The number of nitrogens with one attached hydrogen (secondary N) is 1. The van der Waals surface area contributed by atoms with Gasteiger partial charge in [-0.15, -0.1) is 0 Å². The van der Waals surface area contributed by atoms with Crippen LogP contribution in [0.4, 0.5) is 5.69 Å². The van der Waals surface area contributed by atoms with E-state index in [0.29, 0.717) is 6.04 Å². The fraction of sp³-hybridized carbons (Fsp3) is 0.647. The number of nitrogens with zero attached hydrogens (tertiary/aromatic N) is 1. The van der Waals surface area contributed by atoms with Crippen molar-refractivity contribution in [3.8, 4) is 0 Å². The van der Waals surface area contributed by atoms with Crippen molar-refractivity contribution in [2.75, 3.05) is 24.5 Å². The second kappa shape index (κ2) is 7.46. The number of anilines is 1. The standard InChI is InChI=1S/C17H27BrN2/c1-4-10-19-13(3)16-9-8-15(11-17(16)18)20(5-2)12-14-6-7-14/h8-9,11,13-14,19H,4-7,10,12H2,1-3H3. The molecule has 0 amide bonds. The van der Waals surface area contributed by atoms with Gasteiger partial charge in [-0.1, -0.05) is 28.9 Å². The van der Waals surface area contributed by atoms with Crippen LogP contribution in [0.5, 0.6) is 0 Å². The highest BCUT2D eigenvalue weighted by molar-refractivity contribution is 9.10. The summed E-state index contributed by atoms with van der Waals surface area (Å²) >= 11 is 3.75. The lowest BCUT2D eigenvalue weighted by Gasteiger charge is -2.24. The van der Waals surface area contributed by atoms with Crippen LogP contribution in [0.15, 0.2) is 22.7 Å². The Morgan fingerprint density at radius 3 is 2.65 bits per heavy atom. The molecule has 0 saturated heterocycles. The summed E-state index contributed by atoms with van der Waals surface area (Å²) in [6.45, 7) is 10.1. The van der Waals surface area contributed by atoms with Gasteiger partial charge in [-0.25, -0.2) is 0 Å². The molecule has 20 heavy (non-hydrogen) atoms. The first kappa shape index (κ1) is 15.8. The fourth-order valence-corrected chi connectivity index (χ4v) is 3.27. The van der Waals surface area contributed by atoms with E-state index in [9.17, 15) is 0 Å². The molecule has 1 aromatic rings. The topological polar surface area (TPSA) is 15.3 Å². The summed E-state index contributed by atoms with van der Waals surface area (Å²) in [5.41, 5.74) is 2.70. The van der Waals surface area contributed by atoms with E-state index in [1.54, 1.807) is 0 Å². The molecular formula is C17H27BrN2. The number of rotatable bonds is 8. The minimum absolute atomic E-state index is 0.400. The van der Waals surface area contributed by atoms with E-state index in [1.165, 1.54) is 41.5 Å². The summed E-state index contributed by atoms with van der Waals surface area (Å²) in [6.07, 6.45) is 3.99. The molecular weight excluding hydrogens is 312 g/mol. The van der Waals surface area contributed by atoms with Gasteiger partial charge in [0.1, 0.15) is 0 Å². The van der Waals surface area contributed by atoms with Crippen molar-refractivity contribution in [1.82, 2.24) is 5.32 Å². The summed E-state index contributed by atoms with van der Waals surface area (Å²) < 4.78 is 1.22. The predicted molar refractivity (Wildman–Crippen MR) is 91.5 cm³/mol. The first-order valence-corrected chi connectivity index (χ1v) is 8.72. The van der Waals surface area contributed by atoms with Crippen LogP contribution in [0, 0.1) is 5.92 Å². The van der Waals surface area contributed by atoms with Gasteiger partial charge >= 0.3 is 0 Å². The van der Waals surface area contributed by atoms with E-state index < -0.39 is 0 Å². The maximum atomic E-state index is 3.75. The molecule has 1 saturated carbocycles. The molecule has 1 fully saturated rings. The molecule has 1 aromatic carbocycles.